The second-order valence-electron chi connectivity index (χ2n) is 5.35. The Bertz CT molecular complexity index is 654. The molecular weight excluding hydrogens is 272 g/mol. The van der Waals surface area contributed by atoms with Crippen molar-refractivity contribution < 1.29 is 10.2 Å². The van der Waals surface area contributed by atoms with Gasteiger partial charge in [0.15, 0.2) is 11.5 Å². The summed E-state index contributed by atoms with van der Waals surface area (Å²) in [6.07, 6.45) is 0.815. The van der Waals surface area contributed by atoms with Gasteiger partial charge in [-0.05, 0) is 46.7 Å². The van der Waals surface area contributed by atoms with Gasteiger partial charge in [-0.3, -0.25) is 0 Å². The summed E-state index contributed by atoms with van der Waals surface area (Å²) in [6, 6.07) is 3.23. The second-order valence-corrected chi connectivity index (χ2v) is 5.35. The van der Waals surface area contributed by atoms with Gasteiger partial charge >= 0.3 is 0 Å². The highest BCUT2D eigenvalue weighted by molar-refractivity contribution is 5.47. The fourth-order valence-corrected chi connectivity index (χ4v) is 2.64. The van der Waals surface area contributed by atoms with Gasteiger partial charge in [0.1, 0.15) is 0 Å². The van der Waals surface area contributed by atoms with Crippen molar-refractivity contribution in [1.82, 2.24) is 25.5 Å². The van der Waals surface area contributed by atoms with Crippen LogP contribution in [0.2, 0.25) is 0 Å². The Balaban J connectivity index is 1.92. The first kappa shape index (κ1) is 13.6. The van der Waals surface area contributed by atoms with E-state index < -0.39 is 0 Å². The third-order valence-electron chi connectivity index (χ3n) is 3.67. The zero-order valence-corrected chi connectivity index (χ0v) is 12.0. The molecular formula is C13H18N6O2. The van der Waals surface area contributed by atoms with Gasteiger partial charge in [0, 0.05) is 14.1 Å². The van der Waals surface area contributed by atoms with Crippen LogP contribution in [0.3, 0.4) is 0 Å². The van der Waals surface area contributed by atoms with Gasteiger partial charge in [-0.2, -0.15) is 0 Å². The highest BCUT2D eigenvalue weighted by Crippen LogP contribution is 2.34. The average molecular weight is 290 g/mol. The van der Waals surface area contributed by atoms with Gasteiger partial charge in [-0.25, -0.2) is 4.68 Å². The van der Waals surface area contributed by atoms with Crippen LogP contribution >= 0.6 is 0 Å². The fourth-order valence-electron chi connectivity index (χ4n) is 2.64. The molecule has 0 fully saturated rings. The van der Waals surface area contributed by atoms with E-state index in [9.17, 15) is 10.2 Å². The van der Waals surface area contributed by atoms with Crippen LogP contribution in [0.4, 0.5) is 5.95 Å². The lowest BCUT2D eigenvalue weighted by Gasteiger charge is -2.27. The molecule has 1 unspecified atom stereocenters. The van der Waals surface area contributed by atoms with Gasteiger partial charge < -0.3 is 20.4 Å². The summed E-state index contributed by atoms with van der Waals surface area (Å²) >= 11 is 0. The minimum absolute atomic E-state index is 0.0116. The van der Waals surface area contributed by atoms with E-state index in [2.05, 4.69) is 20.8 Å². The van der Waals surface area contributed by atoms with Crippen LogP contribution < -0.4 is 10.2 Å². The summed E-state index contributed by atoms with van der Waals surface area (Å²) < 4.78 is 1.72. The van der Waals surface area contributed by atoms with Gasteiger partial charge in [0.2, 0.25) is 5.95 Å². The first-order valence-corrected chi connectivity index (χ1v) is 6.78. The van der Waals surface area contributed by atoms with Crippen molar-refractivity contribution in [3.8, 4) is 11.5 Å². The lowest BCUT2D eigenvalue weighted by atomic mass is 9.93. The van der Waals surface area contributed by atoms with Crippen LogP contribution in [0.5, 0.6) is 11.5 Å². The lowest BCUT2D eigenvalue weighted by molar-refractivity contribution is 0.389. The Labute approximate surface area is 122 Å². The smallest absolute Gasteiger partial charge is 0.245 e. The van der Waals surface area contributed by atoms with Crippen molar-refractivity contribution in [2.45, 2.75) is 19.0 Å². The summed E-state index contributed by atoms with van der Waals surface area (Å²) in [7, 11) is 3.77. The number of hydrogen-bond acceptors (Lipinski definition) is 7. The van der Waals surface area contributed by atoms with E-state index in [-0.39, 0.29) is 17.5 Å². The van der Waals surface area contributed by atoms with Crippen LogP contribution in [0.25, 0.3) is 0 Å². The number of aromatic nitrogens is 4. The highest BCUT2D eigenvalue weighted by atomic mass is 16.3. The Morgan fingerprint density at radius 1 is 1.33 bits per heavy atom. The molecule has 1 aromatic heterocycles. The Hall–Kier alpha value is -2.35. The van der Waals surface area contributed by atoms with E-state index >= 15 is 0 Å². The average Bonchev–Trinajstić information content (AvgIpc) is 2.89. The zero-order valence-electron chi connectivity index (χ0n) is 12.0. The second kappa shape index (κ2) is 5.21. The van der Waals surface area contributed by atoms with Crippen molar-refractivity contribution in [2.75, 3.05) is 25.5 Å². The number of nitrogens with one attached hydrogen (secondary N) is 1. The van der Waals surface area contributed by atoms with Gasteiger partial charge in [-0.1, -0.05) is 5.10 Å². The highest BCUT2D eigenvalue weighted by Gasteiger charge is 2.23. The molecule has 1 aromatic carbocycles. The summed E-state index contributed by atoms with van der Waals surface area (Å²) in [5.74, 6) is 0.490. The van der Waals surface area contributed by atoms with Crippen molar-refractivity contribution in [2.24, 2.45) is 0 Å². The maximum absolute atomic E-state index is 9.73. The SMILES string of the molecule is CN(C)c1nnnn1CC1NCCc2cc(O)c(O)cc21. The van der Waals surface area contributed by atoms with Gasteiger partial charge in [0.05, 0.1) is 12.6 Å². The minimum Gasteiger partial charge on any atom is -0.504 e. The van der Waals surface area contributed by atoms with E-state index in [0.717, 1.165) is 24.1 Å². The lowest BCUT2D eigenvalue weighted by Crippen LogP contribution is -2.33. The quantitative estimate of drug-likeness (QED) is 0.686. The molecule has 0 spiro atoms. The third-order valence-corrected chi connectivity index (χ3v) is 3.67. The zero-order chi connectivity index (χ0) is 15.0. The molecule has 2 heterocycles. The van der Waals surface area contributed by atoms with E-state index in [1.54, 1.807) is 16.8 Å². The minimum atomic E-state index is -0.105. The number of nitrogens with zero attached hydrogens (tertiary/aromatic N) is 5. The maximum atomic E-state index is 9.73. The van der Waals surface area contributed by atoms with E-state index in [1.807, 2.05) is 19.0 Å². The molecule has 1 atom stereocenters. The topological polar surface area (TPSA) is 99.3 Å². The molecule has 0 radical (unpaired) electrons. The first-order valence-electron chi connectivity index (χ1n) is 6.78. The van der Waals surface area contributed by atoms with E-state index in [1.165, 1.54) is 0 Å². The van der Waals surface area contributed by atoms with Gasteiger partial charge in [-0.15, -0.1) is 0 Å². The molecule has 21 heavy (non-hydrogen) atoms. The molecule has 3 N–H and O–H groups in total. The Morgan fingerprint density at radius 3 is 2.86 bits per heavy atom. The molecule has 1 aliphatic heterocycles. The Kier molecular flexibility index (Phi) is 3.38. The summed E-state index contributed by atoms with van der Waals surface area (Å²) in [6.45, 7) is 1.36. The molecule has 0 bridgehead atoms. The number of phenols is 2. The summed E-state index contributed by atoms with van der Waals surface area (Å²) in [4.78, 5) is 1.85. The third kappa shape index (κ3) is 2.49. The van der Waals surface area contributed by atoms with Crippen molar-refractivity contribution in [1.29, 1.82) is 0 Å². The number of anilines is 1. The van der Waals surface area contributed by atoms with E-state index in [0.29, 0.717) is 12.5 Å². The molecule has 0 aliphatic carbocycles. The molecule has 2 aromatic rings. The molecule has 112 valence electrons. The van der Waals surface area contributed by atoms with E-state index in [4.69, 9.17) is 0 Å². The Morgan fingerprint density at radius 2 is 2.10 bits per heavy atom. The first-order chi connectivity index (χ1) is 10.1. The monoisotopic (exact) mass is 290 g/mol. The van der Waals surface area contributed by atoms with Crippen molar-refractivity contribution in [3.05, 3.63) is 23.3 Å². The van der Waals surface area contributed by atoms with Crippen LogP contribution in [0.15, 0.2) is 12.1 Å². The van der Waals surface area contributed by atoms with Crippen LogP contribution in [-0.4, -0.2) is 51.1 Å². The number of hydrogen-bond donors (Lipinski definition) is 3. The molecule has 8 heteroatoms. The number of aromatic hydroxyl groups is 2. The molecule has 3 rings (SSSR count). The summed E-state index contributed by atoms with van der Waals surface area (Å²) in [5, 5.41) is 34.4. The maximum Gasteiger partial charge on any atom is 0.245 e. The largest absolute Gasteiger partial charge is 0.504 e. The standard InChI is InChI=1S/C13H18N6O2/c1-18(2)13-15-16-17-19(13)7-10-9-6-12(21)11(20)5-8(9)3-4-14-10/h5-6,10,14,20-21H,3-4,7H2,1-2H3. The molecule has 0 saturated heterocycles. The van der Waals surface area contributed by atoms with Crippen LogP contribution in [0.1, 0.15) is 17.2 Å². The number of fused-ring (bicyclic) bond motifs is 1. The normalized spacial score (nSPS) is 17.5. The number of tetrazole rings is 1. The molecule has 0 saturated carbocycles. The molecule has 1 aliphatic rings. The number of rotatable bonds is 3. The predicted octanol–water partition coefficient (Wildman–Crippen LogP) is 0.0373. The summed E-state index contributed by atoms with van der Waals surface area (Å²) in [5.41, 5.74) is 2.00. The van der Waals surface area contributed by atoms with Crippen molar-refractivity contribution in [3.63, 3.8) is 0 Å². The van der Waals surface area contributed by atoms with Gasteiger partial charge in [0.25, 0.3) is 0 Å². The van der Waals surface area contributed by atoms with Crippen LogP contribution in [0, 0.1) is 0 Å². The predicted molar refractivity (Wildman–Crippen MR) is 76.4 cm³/mol. The molecule has 0 amide bonds. The number of benzene rings is 1. The number of phenolic OH excluding ortho intramolecular Hbond substituents is 2. The fraction of sp³-hybridized carbons (Fsp3) is 0.462. The molecule has 8 nitrogen and oxygen atoms in total. The van der Waals surface area contributed by atoms with Crippen molar-refractivity contribution >= 4 is 5.95 Å². The van der Waals surface area contributed by atoms with Crippen LogP contribution in [-0.2, 0) is 13.0 Å².